The van der Waals surface area contributed by atoms with Crippen molar-refractivity contribution in [3.63, 3.8) is 0 Å². The van der Waals surface area contributed by atoms with Crippen LogP contribution in [0.2, 0.25) is 0 Å². The molecule has 0 atom stereocenters. The van der Waals surface area contributed by atoms with E-state index in [1.807, 2.05) is 55.8 Å². The van der Waals surface area contributed by atoms with Gasteiger partial charge in [-0.2, -0.15) is 5.10 Å². The minimum atomic E-state index is -0.109. The number of nitrogens with zero attached hydrogens (tertiary/aromatic N) is 3. The molecule has 0 spiro atoms. The van der Waals surface area contributed by atoms with Crippen LogP contribution in [0.3, 0.4) is 0 Å². The maximum absolute atomic E-state index is 12.2. The van der Waals surface area contributed by atoms with Crippen molar-refractivity contribution in [3.05, 3.63) is 65.0 Å². The molecule has 2 heterocycles. The first-order valence-electron chi connectivity index (χ1n) is 8.01. The Hall–Kier alpha value is -2.89. The van der Waals surface area contributed by atoms with E-state index >= 15 is 0 Å². The Labute approximate surface area is 140 Å². The first-order valence-corrected chi connectivity index (χ1v) is 8.01. The van der Waals surface area contributed by atoms with Crippen molar-refractivity contribution in [1.82, 2.24) is 25.1 Å². The van der Waals surface area contributed by atoms with Gasteiger partial charge in [0.2, 0.25) is 0 Å². The van der Waals surface area contributed by atoms with Crippen LogP contribution in [0.25, 0.3) is 5.69 Å². The van der Waals surface area contributed by atoms with E-state index in [-0.39, 0.29) is 5.91 Å². The normalized spacial score (nSPS) is 10.8. The number of carbonyl (C=O) groups is 1. The van der Waals surface area contributed by atoms with Gasteiger partial charge in [0.1, 0.15) is 5.82 Å². The second-order valence-electron chi connectivity index (χ2n) is 5.78. The zero-order valence-electron chi connectivity index (χ0n) is 14.1. The van der Waals surface area contributed by atoms with Crippen molar-refractivity contribution >= 4 is 5.91 Å². The Morgan fingerprint density at radius 2 is 2.00 bits per heavy atom. The molecule has 0 saturated carbocycles. The lowest BCUT2D eigenvalue weighted by Gasteiger charge is -2.07. The number of H-pyrrole nitrogens is 1. The first kappa shape index (κ1) is 16.0. The van der Waals surface area contributed by atoms with E-state index < -0.39 is 0 Å². The van der Waals surface area contributed by atoms with Gasteiger partial charge in [-0.3, -0.25) is 4.79 Å². The van der Waals surface area contributed by atoms with E-state index in [1.165, 1.54) is 0 Å². The summed E-state index contributed by atoms with van der Waals surface area (Å²) in [5.41, 5.74) is 4.50. The molecule has 0 unspecified atom stereocenters. The summed E-state index contributed by atoms with van der Waals surface area (Å²) in [6.45, 7) is 6.44. The number of hydrogen-bond donors (Lipinski definition) is 2. The number of aromatic nitrogens is 4. The molecule has 6 heteroatoms. The number of aryl methyl sites for hydroxylation is 3. The fourth-order valence-corrected chi connectivity index (χ4v) is 2.60. The molecule has 1 aromatic carbocycles. The standard InChI is InChI=1S/C18H21N5O/c1-4-17-19-10-15(21-17)11-20-18(24)14-5-7-16(8-6-14)23-13(3)9-12(2)22-23/h5-10H,4,11H2,1-3H3,(H,19,21)(H,20,24). The summed E-state index contributed by atoms with van der Waals surface area (Å²) in [4.78, 5) is 19.6. The van der Waals surface area contributed by atoms with Gasteiger partial charge in [-0.15, -0.1) is 0 Å². The van der Waals surface area contributed by atoms with Crippen molar-refractivity contribution in [1.29, 1.82) is 0 Å². The molecule has 0 radical (unpaired) electrons. The lowest BCUT2D eigenvalue weighted by atomic mass is 10.2. The van der Waals surface area contributed by atoms with E-state index in [0.717, 1.165) is 35.0 Å². The topological polar surface area (TPSA) is 75.6 Å². The number of hydrogen-bond acceptors (Lipinski definition) is 3. The fourth-order valence-electron chi connectivity index (χ4n) is 2.60. The number of rotatable bonds is 5. The number of benzene rings is 1. The minimum absolute atomic E-state index is 0.109. The first-order chi connectivity index (χ1) is 11.6. The predicted octanol–water partition coefficient (Wildman–Crippen LogP) is 2.70. The Morgan fingerprint density at radius 3 is 2.58 bits per heavy atom. The monoisotopic (exact) mass is 323 g/mol. The maximum Gasteiger partial charge on any atom is 0.251 e. The lowest BCUT2D eigenvalue weighted by molar-refractivity contribution is 0.0950. The van der Waals surface area contributed by atoms with Crippen molar-refractivity contribution in [2.24, 2.45) is 0 Å². The minimum Gasteiger partial charge on any atom is -0.346 e. The zero-order chi connectivity index (χ0) is 17.1. The number of carbonyl (C=O) groups excluding carboxylic acids is 1. The van der Waals surface area contributed by atoms with E-state index in [0.29, 0.717) is 12.1 Å². The Bertz CT molecular complexity index is 845. The molecule has 0 bridgehead atoms. The van der Waals surface area contributed by atoms with Crippen molar-refractivity contribution < 1.29 is 4.79 Å². The van der Waals surface area contributed by atoms with Crippen LogP contribution in [0.15, 0.2) is 36.5 Å². The number of imidazole rings is 1. The zero-order valence-corrected chi connectivity index (χ0v) is 14.1. The summed E-state index contributed by atoms with van der Waals surface area (Å²) < 4.78 is 1.87. The van der Waals surface area contributed by atoms with Gasteiger partial charge in [0, 0.05) is 17.7 Å². The van der Waals surface area contributed by atoms with Crippen molar-refractivity contribution in [3.8, 4) is 5.69 Å². The van der Waals surface area contributed by atoms with Gasteiger partial charge in [0.05, 0.1) is 29.8 Å². The molecule has 2 N–H and O–H groups in total. The van der Waals surface area contributed by atoms with Crippen LogP contribution in [0.5, 0.6) is 0 Å². The van der Waals surface area contributed by atoms with Crippen LogP contribution in [0.4, 0.5) is 0 Å². The quantitative estimate of drug-likeness (QED) is 0.758. The third-order valence-electron chi connectivity index (χ3n) is 3.84. The molecule has 3 rings (SSSR count). The molecule has 6 nitrogen and oxygen atoms in total. The number of nitrogens with one attached hydrogen (secondary N) is 2. The third kappa shape index (κ3) is 3.37. The number of amides is 1. The summed E-state index contributed by atoms with van der Waals surface area (Å²) in [5.74, 6) is 0.816. The Morgan fingerprint density at radius 1 is 1.25 bits per heavy atom. The van der Waals surface area contributed by atoms with E-state index in [2.05, 4.69) is 20.4 Å². The van der Waals surface area contributed by atoms with Crippen molar-refractivity contribution in [2.45, 2.75) is 33.7 Å². The van der Waals surface area contributed by atoms with Gasteiger partial charge in [-0.25, -0.2) is 9.67 Å². The molecule has 0 fully saturated rings. The number of aromatic amines is 1. The highest BCUT2D eigenvalue weighted by Gasteiger charge is 2.08. The van der Waals surface area contributed by atoms with Gasteiger partial charge in [-0.1, -0.05) is 6.92 Å². The van der Waals surface area contributed by atoms with Crippen LogP contribution in [0, 0.1) is 13.8 Å². The average molecular weight is 323 g/mol. The smallest absolute Gasteiger partial charge is 0.251 e. The molecular weight excluding hydrogens is 302 g/mol. The highest BCUT2D eigenvalue weighted by molar-refractivity contribution is 5.94. The molecule has 1 amide bonds. The maximum atomic E-state index is 12.2. The summed E-state index contributed by atoms with van der Waals surface area (Å²) in [6.07, 6.45) is 2.60. The van der Waals surface area contributed by atoms with E-state index in [9.17, 15) is 4.79 Å². The summed E-state index contributed by atoms with van der Waals surface area (Å²) in [6, 6.07) is 9.45. The van der Waals surface area contributed by atoms with Gasteiger partial charge in [0.25, 0.3) is 5.91 Å². The van der Waals surface area contributed by atoms with Gasteiger partial charge < -0.3 is 10.3 Å². The molecule has 0 aliphatic heterocycles. The molecular formula is C18H21N5O. The van der Waals surface area contributed by atoms with E-state index in [1.54, 1.807) is 6.20 Å². The van der Waals surface area contributed by atoms with E-state index in [4.69, 9.17) is 0 Å². The second-order valence-corrected chi connectivity index (χ2v) is 5.78. The molecule has 3 aromatic rings. The molecule has 0 aliphatic carbocycles. The molecule has 0 aliphatic rings. The van der Waals surface area contributed by atoms with Crippen LogP contribution in [0.1, 0.15) is 40.2 Å². The van der Waals surface area contributed by atoms with Crippen LogP contribution < -0.4 is 5.32 Å². The van der Waals surface area contributed by atoms with Crippen LogP contribution >= 0.6 is 0 Å². The van der Waals surface area contributed by atoms with Crippen LogP contribution in [-0.2, 0) is 13.0 Å². The predicted molar refractivity (Wildman–Crippen MR) is 92.2 cm³/mol. The fraction of sp³-hybridized carbons (Fsp3) is 0.278. The molecule has 24 heavy (non-hydrogen) atoms. The lowest BCUT2D eigenvalue weighted by Crippen LogP contribution is -2.23. The largest absolute Gasteiger partial charge is 0.346 e. The average Bonchev–Trinajstić information content (AvgIpc) is 3.18. The summed E-state index contributed by atoms with van der Waals surface area (Å²) >= 11 is 0. The molecule has 2 aromatic heterocycles. The highest BCUT2D eigenvalue weighted by atomic mass is 16.1. The molecule has 124 valence electrons. The van der Waals surface area contributed by atoms with Gasteiger partial charge in [-0.05, 0) is 44.2 Å². The highest BCUT2D eigenvalue weighted by Crippen LogP contribution is 2.13. The summed E-state index contributed by atoms with van der Waals surface area (Å²) in [5, 5.41) is 7.34. The van der Waals surface area contributed by atoms with Crippen LogP contribution in [-0.4, -0.2) is 25.7 Å². The SMILES string of the molecule is CCc1ncc(CNC(=O)c2ccc(-n3nc(C)cc3C)cc2)[nH]1. The Balaban J connectivity index is 1.66. The van der Waals surface area contributed by atoms with Crippen molar-refractivity contribution in [2.75, 3.05) is 0 Å². The second kappa shape index (κ2) is 6.70. The summed E-state index contributed by atoms with van der Waals surface area (Å²) in [7, 11) is 0. The molecule has 0 saturated heterocycles. The third-order valence-corrected chi connectivity index (χ3v) is 3.84. The van der Waals surface area contributed by atoms with Gasteiger partial charge in [0.15, 0.2) is 0 Å². The Kier molecular flexibility index (Phi) is 4.46. The van der Waals surface area contributed by atoms with Gasteiger partial charge >= 0.3 is 0 Å².